The number of aromatic nitrogens is 4. The van der Waals surface area contributed by atoms with Crippen LogP contribution in [0.5, 0.6) is 0 Å². The average molecular weight is 146 g/mol. The van der Waals surface area contributed by atoms with E-state index in [4.69, 9.17) is 0 Å². The number of hydrogen-bond donors (Lipinski definition) is 1. The van der Waals surface area contributed by atoms with Crippen LogP contribution in [0, 0.1) is 0 Å². The van der Waals surface area contributed by atoms with Gasteiger partial charge in [0.05, 0.1) is 7.05 Å². The number of nitrogens with zero attached hydrogens (tertiary/aromatic N) is 4. The van der Waals surface area contributed by atoms with Gasteiger partial charge in [0.15, 0.2) is 0 Å². The number of hydrogen-bond acceptors (Lipinski definition) is 3. The maximum atomic E-state index is 4.03. The van der Waals surface area contributed by atoms with Crippen LogP contribution in [-0.2, 0) is 7.05 Å². The van der Waals surface area contributed by atoms with E-state index in [0.29, 0.717) is 0 Å². The maximum Gasteiger partial charge on any atom is 0.211 e. The van der Waals surface area contributed by atoms with Crippen LogP contribution < -0.4 is 0 Å². The third-order valence-corrected chi connectivity index (χ3v) is 1.88. The van der Waals surface area contributed by atoms with Crippen LogP contribution in [0.3, 0.4) is 0 Å². The Morgan fingerprint density at radius 2 is 2.11 bits per heavy atom. The van der Waals surface area contributed by atoms with Crippen LogP contribution in [-0.4, -0.2) is 32.7 Å². The fraction of sp³-hybridized carbons (Fsp3) is 0.750. The lowest BCUT2D eigenvalue weighted by atomic mass is 11.4. The molecule has 9 heavy (non-hydrogen) atoms. The molecular weight excluding hydrogens is 136 g/mol. The Morgan fingerprint density at radius 3 is 2.33 bits per heavy atom. The van der Waals surface area contributed by atoms with E-state index in [9.17, 15) is 0 Å². The Kier molecular flexibility index (Phi) is 1.70. The van der Waals surface area contributed by atoms with E-state index in [1.54, 1.807) is 7.05 Å². The standard InChI is InChI=1S/C4H10N4S/c1-8-6-4(5-7-8)9(2)3/h9H,1-3H3. The summed E-state index contributed by atoms with van der Waals surface area (Å²) in [5, 5.41) is 12.5. The molecule has 0 aliphatic heterocycles. The quantitative estimate of drug-likeness (QED) is 0.559. The Hall–Kier alpha value is -0.580. The molecule has 0 aromatic carbocycles. The first-order valence-electron chi connectivity index (χ1n) is 2.61. The highest BCUT2D eigenvalue weighted by Crippen LogP contribution is 2.21. The highest BCUT2D eigenvalue weighted by atomic mass is 32.2. The Balaban J connectivity index is 2.85. The second-order valence-electron chi connectivity index (χ2n) is 1.97. The van der Waals surface area contributed by atoms with Crippen molar-refractivity contribution in [1.29, 1.82) is 0 Å². The number of rotatable bonds is 1. The van der Waals surface area contributed by atoms with Gasteiger partial charge in [0.2, 0.25) is 5.16 Å². The fourth-order valence-electron chi connectivity index (χ4n) is 0.453. The Labute approximate surface area is 56.6 Å². The highest BCUT2D eigenvalue weighted by Gasteiger charge is 1.99. The first kappa shape index (κ1) is 6.54. The zero-order valence-electron chi connectivity index (χ0n) is 5.74. The lowest BCUT2D eigenvalue weighted by Crippen LogP contribution is -1.91. The summed E-state index contributed by atoms with van der Waals surface area (Å²) < 4.78 is 0. The highest BCUT2D eigenvalue weighted by molar-refractivity contribution is 8.15. The van der Waals surface area contributed by atoms with Crippen LogP contribution in [0.4, 0.5) is 0 Å². The summed E-state index contributed by atoms with van der Waals surface area (Å²) in [6, 6.07) is 0. The number of thiol groups is 1. The molecule has 0 saturated heterocycles. The van der Waals surface area contributed by atoms with E-state index in [2.05, 4.69) is 27.9 Å². The zero-order chi connectivity index (χ0) is 6.85. The van der Waals surface area contributed by atoms with E-state index in [1.807, 2.05) is 0 Å². The molecule has 0 saturated carbocycles. The summed E-state index contributed by atoms with van der Waals surface area (Å²) in [4.78, 5) is 1.48. The van der Waals surface area contributed by atoms with Gasteiger partial charge in [-0.15, -0.1) is 10.2 Å². The van der Waals surface area contributed by atoms with Crippen molar-refractivity contribution in [2.24, 2.45) is 7.05 Å². The molecule has 0 aliphatic carbocycles. The predicted octanol–water partition coefficient (Wildman–Crippen LogP) is -0.170. The first-order valence-corrected chi connectivity index (χ1v) is 4.85. The minimum absolute atomic E-state index is 0.180. The summed E-state index contributed by atoms with van der Waals surface area (Å²) >= 11 is 0. The van der Waals surface area contributed by atoms with Crippen LogP contribution in [0.2, 0.25) is 0 Å². The minimum Gasteiger partial charge on any atom is -0.195 e. The van der Waals surface area contributed by atoms with Crippen molar-refractivity contribution in [1.82, 2.24) is 20.2 Å². The molecule has 0 aliphatic rings. The zero-order valence-corrected chi connectivity index (χ0v) is 6.63. The van der Waals surface area contributed by atoms with Crippen LogP contribution in [0.15, 0.2) is 5.16 Å². The second-order valence-corrected chi connectivity index (χ2v) is 4.16. The van der Waals surface area contributed by atoms with Gasteiger partial charge in [0.25, 0.3) is 0 Å². The van der Waals surface area contributed by atoms with E-state index < -0.39 is 0 Å². The van der Waals surface area contributed by atoms with Crippen molar-refractivity contribution in [3.8, 4) is 0 Å². The van der Waals surface area contributed by atoms with Gasteiger partial charge in [-0.1, -0.05) is 0 Å². The lowest BCUT2D eigenvalue weighted by molar-refractivity contribution is 0.626. The van der Waals surface area contributed by atoms with Crippen LogP contribution in [0.1, 0.15) is 0 Å². The van der Waals surface area contributed by atoms with Crippen molar-refractivity contribution in [3.63, 3.8) is 0 Å². The summed E-state index contributed by atoms with van der Waals surface area (Å²) in [7, 11) is 1.59. The van der Waals surface area contributed by atoms with Gasteiger partial charge in [-0.05, 0) is 17.7 Å². The summed E-state index contributed by atoms with van der Waals surface area (Å²) in [5.74, 6) is 0. The van der Waals surface area contributed by atoms with Crippen molar-refractivity contribution < 1.29 is 0 Å². The van der Waals surface area contributed by atoms with Crippen molar-refractivity contribution in [3.05, 3.63) is 0 Å². The van der Waals surface area contributed by atoms with Crippen LogP contribution >= 0.6 is 10.9 Å². The molecule has 0 atom stereocenters. The van der Waals surface area contributed by atoms with Crippen molar-refractivity contribution in [2.45, 2.75) is 5.16 Å². The number of aryl methyl sites for hydroxylation is 1. The van der Waals surface area contributed by atoms with Gasteiger partial charge in [-0.3, -0.25) is 0 Å². The molecule has 1 rings (SSSR count). The predicted molar refractivity (Wildman–Crippen MR) is 37.9 cm³/mol. The summed E-state index contributed by atoms with van der Waals surface area (Å²) in [5.41, 5.74) is 0. The molecule has 5 heteroatoms. The molecular formula is C4H10N4S. The molecule has 0 amide bonds. The summed E-state index contributed by atoms with van der Waals surface area (Å²) in [6.07, 6.45) is 4.21. The molecule has 1 aromatic heterocycles. The van der Waals surface area contributed by atoms with E-state index >= 15 is 0 Å². The van der Waals surface area contributed by atoms with E-state index in [-0.39, 0.29) is 10.9 Å². The Morgan fingerprint density at radius 1 is 1.44 bits per heavy atom. The van der Waals surface area contributed by atoms with Crippen molar-refractivity contribution >= 4 is 10.9 Å². The van der Waals surface area contributed by atoms with Gasteiger partial charge >= 0.3 is 0 Å². The topological polar surface area (TPSA) is 43.6 Å². The molecule has 0 bridgehead atoms. The van der Waals surface area contributed by atoms with Crippen LogP contribution in [0.25, 0.3) is 0 Å². The maximum absolute atomic E-state index is 4.03. The fourth-order valence-corrected chi connectivity index (χ4v) is 0.980. The average Bonchev–Trinajstić information content (AvgIpc) is 2.14. The third-order valence-electron chi connectivity index (χ3n) is 0.898. The van der Waals surface area contributed by atoms with Gasteiger partial charge in [0.1, 0.15) is 0 Å². The lowest BCUT2D eigenvalue weighted by Gasteiger charge is -1.97. The monoisotopic (exact) mass is 146 g/mol. The second kappa shape index (κ2) is 2.34. The smallest absolute Gasteiger partial charge is 0.195 e. The van der Waals surface area contributed by atoms with Gasteiger partial charge in [0, 0.05) is 0 Å². The SMILES string of the molecule is Cn1nnc([SH](C)C)n1. The molecule has 1 heterocycles. The van der Waals surface area contributed by atoms with Gasteiger partial charge in [-0.2, -0.15) is 15.7 Å². The molecule has 0 fully saturated rings. The first-order chi connectivity index (χ1) is 4.20. The molecule has 1 aromatic rings. The molecule has 0 unspecified atom stereocenters. The largest absolute Gasteiger partial charge is 0.211 e. The third kappa shape index (κ3) is 1.41. The van der Waals surface area contributed by atoms with E-state index in [1.165, 1.54) is 4.80 Å². The van der Waals surface area contributed by atoms with E-state index in [0.717, 1.165) is 5.16 Å². The molecule has 0 N–H and O–H groups in total. The van der Waals surface area contributed by atoms with Gasteiger partial charge in [-0.25, -0.2) is 0 Å². The number of tetrazole rings is 1. The van der Waals surface area contributed by atoms with Gasteiger partial charge < -0.3 is 0 Å². The summed E-state index contributed by atoms with van der Waals surface area (Å²) in [6.45, 7) is 0. The molecule has 0 radical (unpaired) electrons. The minimum atomic E-state index is -0.180. The van der Waals surface area contributed by atoms with Crippen molar-refractivity contribution in [2.75, 3.05) is 12.5 Å². The molecule has 0 spiro atoms. The molecule has 4 nitrogen and oxygen atoms in total. The molecule has 52 valence electrons. The normalized spacial score (nSPS) is 11.7. The Bertz CT molecular complexity index is 194.